The molecule has 0 spiro atoms. The molecule has 3 amide bonds. The third-order valence-electron chi connectivity index (χ3n) is 7.51. The minimum absolute atomic E-state index is 0.115. The van der Waals surface area contributed by atoms with E-state index in [1.165, 1.54) is 0 Å². The highest BCUT2D eigenvalue weighted by atomic mass is 16.4. The maximum atomic E-state index is 13.6. The minimum atomic E-state index is -1.38. The number of carboxylic acids is 1. The maximum Gasteiger partial charge on any atom is 0.323 e. The van der Waals surface area contributed by atoms with Gasteiger partial charge in [-0.15, -0.1) is 0 Å². The summed E-state index contributed by atoms with van der Waals surface area (Å²) < 4.78 is 0. The maximum absolute atomic E-state index is 13.6. The molecule has 0 radical (unpaired) electrons. The van der Waals surface area contributed by atoms with Crippen LogP contribution < -0.4 is 27.8 Å². The van der Waals surface area contributed by atoms with E-state index in [9.17, 15) is 24.3 Å². The van der Waals surface area contributed by atoms with Crippen LogP contribution in [-0.2, 0) is 32.0 Å². The van der Waals surface area contributed by atoms with Crippen molar-refractivity contribution in [2.75, 3.05) is 19.6 Å². The molecule has 0 bridgehead atoms. The quantitative estimate of drug-likeness (QED) is 0.176. The molecule has 222 valence electrons. The van der Waals surface area contributed by atoms with Crippen molar-refractivity contribution < 1.29 is 24.3 Å². The average Bonchev–Trinajstić information content (AvgIpc) is 2.97. The topological polar surface area (TPSA) is 194 Å². The summed E-state index contributed by atoms with van der Waals surface area (Å²) in [5.41, 5.74) is 18.2. The Morgan fingerprint density at radius 3 is 1.90 bits per heavy atom. The normalized spacial score (nSPS) is 16.7. The predicted molar refractivity (Wildman–Crippen MR) is 155 cm³/mol. The molecule has 2 aromatic carbocycles. The highest BCUT2D eigenvalue weighted by molar-refractivity contribution is 5.93. The molecule has 0 aromatic heterocycles. The lowest BCUT2D eigenvalue weighted by Crippen LogP contribution is -2.60. The van der Waals surface area contributed by atoms with E-state index >= 15 is 0 Å². The summed E-state index contributed by atoms with van der Waals surface area (Å²) >= 11 is 0. The highest BCUT2D eigenvalue weighted by Gasteiger charge is 2.40. The van der Waals surface area contributed by atoms with E-state index in [1.807, 2.05) is 60.7 Å². The summed E-state index contributed by atoms with van der Waals surface area (Å²) in [6.45, 7) is 0.783. The van der Waals surface area contributed by atoms with Gasteiger partial charge in [0.15, 0.2) is 0 Å². The molecular weight excluding hydrogens is 524 g/mol. The number of likely N-dealkylation sites (tertiary alicyclic amines) is 1. The van der Waals surface area contributed by atoms with E-state index in [2.05, 4.69) is 10.6 Å². The number of nitrogens with zero attached hydrogens (tertiary/aromatic N) is 1. The van der Waals surface area contributed by atoms with Gasteiger partial charge in [0.2, 0.25) is 17.7 Å². The molecule has 1 aliphatic rings. The number of hydrogen-bond acceptors (Lipinski definition) is 7. The first kappa shape index (κ1) is 31.7. The molecule has 3 atom stereocenters. The lowest BCUT2D eigenvalue weighted by Gasteiger charge is -2.38. The van der Waals surface area contributed by atoms with Gasteiger partial charge in [-0.2, -0.15) is 0 Å². The first-order valence-corrected chi connectivity index (χ1v) is 14.1. The van der Waals surface area contributed by atoms with Crippen molar-refractivity contribution in [3.63, 3.8) is 0 Å². The van der Waals surface area contributed by atoms with Crippen molar-refractivity contribution in [1.82, 2.24) is 15.5 Å². The smallest absolute Gasteiger partial charge is 0.323 e. The molecule has 0 aliphatic carbocycles. The molecule has 11 nitrogen and oxygen atoms in total. The van der Waals surface area contributed by atoms with Crippen molar-refractivity contribution in [3.8, 4) is 0 Å². The fourth-order valence-electron chi connectivity index (χ4n) is 4.88. The van der Waals surface area contributed by atoms with Gasteiger partial charge in [0.1, 0.15) is 17.6 Å². The lowest BCUT2D eigenvalue weighted by atomic mass is 9.88. The summed E-state index contributed by atoms with van der Waals surface area (Å²) in [4.78, 5) is 53.3. The summed E-state index contributed by atoms with van der Waals surface area (Å²) in [5, 5.41) is 15.1. The van der Waals surface area contributed by atoms with Gasteiger partial charge >= 0.3 is 5.97 Å². The molecule has 0 unspecified atom stereocenters. The van der Waals surface area contributed by atoms with Gasteiger partial charge in [-0.3, -0.25) is 19.2 Å². The van der Waals surface area contributed by atoms with Crippen molar-refractivity contribution in [2.24, 2.45) is 17.2 Å². The van der Waals surface area contributed by atoms with Crippen molar-refractivity contribution in [3.05, 3.63) is 71.8 Å². The number of nitrogens with one attached hydrogen (secondary N) is 2. The standard InChI is InChI=1S/C30H42N6O5/c31-16-8-7-13-24(28(39)36-17-14-30(33,15-18-36)29(40)41)34-27(38)25(20-22-11-5-2-6-12-22)35-26(37)23(32)19-21-9-3-1-4-10-21/h1-6,9-12,23-25H,7-8,13-20,31-33H2,(H,34,38)(H,35,37)(H,40,41)/t23-,24+,25+/m1/s1. The van der Waals surface area contributed by atoms with Crippen molar-refractivity contribution in [2.45, 2.75) is 68.6 Å². The van der Waals surface area contributed by atoms with Crippen molar-refractivity contribution in [1.29, 1.82) is 0 Å². The number of rotatable bonds is 14. The Bertz CT molecular complexity index is 1150. The molecule has 1 fully saturated rings. The van der Waals surface area contributed by atoms with Crippen LogP contribution in [0.5, 0.6) is 0 Å². The lowest BCUT2D eigenvalue weighted by molar-refractivity contribution is -0.148. The number of aliphatic carboxylic acids is 1. The van der Waals surface area contributed by atoms with Crippen LogP contribution in [0, 0.1) is 0 Å². The van der Waals surface area contributed by atoms with Gasteiger partial charge in [0.25, 0.3) is 0 Å². The Morgan fingerprint density at radius 2 is 1.37 bits per heavy atom. The van der Waals surface area contributed by atoms with Gasteiger partial charge in [-0.25, -0.2) is 0 Å². The van der Waals surface area contributed by atoms with Crippen LogP contribution in [0.1, 0.15) is 43.2 Å². The number of benzene rings is 2. The van der Waals surface area contributed by atoms with E-state index in [1.54, 1.807) is 4.90 Å². The second kappa shape index (κ2) is 15.3. The Balaban J connectivity index is 1.73. The van der Waals surface area contributed by atoms with E-state index in [0.717, 1.165) is 11.1 Å². The minimum Gasteiger partial charge on any atom is -0.480 e. The summed E-state index contributed by atoms with van der Waals surface area (Å²) in [6.07, 6.45) is 2.37. The second-order valence-electron chi connectivity index (χ2n) is 10.7. The van der Waals surface area contributed by atoms with Gasteiger partial charge in [0.05, 0.1) is 6.04 Å². The monoisotopic (exact) mass is 566 g/mol. The molecule has 41 heavy (non-hydrogen) atoms. The zero-order valence-electron chi connectivity index (χ0n) is 23.3. The number of carboxylic acid groups (broad SMARTS) is 1. The molecule has 9 N–H and O–H groups in total. The number of hydrogen-bond donors (Lipinski definition) is 6. The second-order valence-corrected chi connectivity index (χ2v) is 10.7. The first-order valence-electron chi connectivity index (χ1n) is 14.1. The number of unbranched alkanes of at least 4 members (excludes halogenated alkanes) is 1. The molecule has 1 heterocycles. The number of amides is 3. The summed E-state index contributed by atoms with van der Waals surface area (Å²) in [5.74, 6) is -2.38. The third-order valence-corrected chi connectivity index (χ3v) is 7.51. The molecule has 2 aromatic rings. The predicted octanol–water partition coefficient (Wildman–Crippen LogP) is 0.302. The van der Waals surface area contributed by atoms with E-state index in [-0.39, 0.29) is 38.3 Å². The van der Waals surface area contributed by atoms with Crippen LogP contribution in [0.15, 0.2) is 60.7 Å². The molecule has 1 saturated heterocycles. The van der Waals surface area contributed by atoms with Gasteiger partial charge in [-0.05, 0) is 56.2 Å². The SMILES string of the molecule is NCCCC[C@H](NC(=O)[C@H](Cc1ccccc1)NC(=O)[C@H](N)Cc1ccccc1)C(=O)N1CCC(N)(C(=O)O)CC1. The highest BCUT2D eigenvalue weighted by Crippen LogP contribution is 2.21. The van der Waals surface area contributed by atoms with E-state index in [0.29, 0.717) is 32.2 Å². The largest absolute Gasteiger partial charge is 0.480 e. The molecule has 11 heteroatoms. The van der Waals surface area contributed by atoms with Gasteiger partial charge in [0, 0.05) is 19.5 Å². The Morgan fingerprint density at radius 1 is 0.829 bits per heavy atom. The molecule has 1 aliphatic heterocycles. The van der Waals surface area contributed by atoms with Crippen LogP contribution in [0.4, 0.5) is 0 Å². The third kappa shape index (κ3) is 9.38. The van der Waals surface area contributed by atoms with Crippen LogP contribution in [0.2, 0.25) is 0 Å². The molecular formula is C30H42N6O5. The fraction of sp³-hybridized carbons (Fsp3) is 0.467. The number of carbonyl (C=O) groups excluding carboxylic acids is 3. The zero-order valence-corrected chi connectivity index (χ0v) is 23.3. The molecule has 0 saturated carbocycles. The van der Waals surface area contributed by atoms with Crippen LogP contribution in [0.3, 0.4) is 0 Å². The summed E-state index contributed by atoms with van der Waals surface area (Å²) in [7, 11) is 0. The van der Waals surface area contributed by atoms with Crippen molar-refractivity contribution >= 4 is 23.7 Å². The van der Waals surface area contributed by atoms with E-state index < -0.39 is 41.4 Å². The zero-order chi connectivity index (χ0) is 29.8. The Kier molecular flexibility index (Phi) is 11.8. The molecule has 3 rings (SSSR count). The Labute approximate surface area is 240 Å². The van der Waals surface area contributed by atoms with Crippen LogP contribution >= 0.6 is 0 Å². The number of carbonyl (C=O) groups is 4. The van der Waals surface area contributed by atoms with Crippen LogP contribution in [0.25, 0.3) is 0 Å². The number of nitrogens with two attached hydrogens (primary N) is 3. The van der Waals surface area contributed by atoms with Gasteiger partial charge in [-0.1, -0.05) is 60.7 Å². The average molecular weight is 567 g/mol. The Hall–Kier alpha value is -3.80. The fourth-order valence-corrected chi connectivity index (χ4v) is 4.88. The van der Waals surface area contributed by atoms with Crippen LogP contribution in [-0.4, -0.2) is 77.0 Å². The first-order chi connectivity index (χ1) is 19.6. The van der Waals surface area contributed by atoms with E-state index in [4.69, 9.17) is 17.2 Å². The van der Waals surface area contributed by atoms with Gasteiger partial charge < -0.3 is 37.8 Å². The number of piperidine rings is 1. The summed E-state index contributed by atoms with van der Waals surface area (Å²) in [6, 6.07) is 15.9.